The molecule has 0 aliphatic heterocycles. The zero-order valence-electron chi connectivity index (χ0n) is 14.1. The lowest BCUT2D eigenvalue weighted by molar-refractivity contribution is -0.0444. The number of aryl methyl sites for hydroxylation is 1. The first-order chi connectivity index (χ1) is 10.7. The highest BCUT2D eigenvalue weighted by atomic mass is 16.5. The molecule has 0 amide bonds. The summed E-state index contributed by atoms with van der Waals surface area (Å²) < 4.78 is 11.3. The molecule has 5 atom stereocenters. The molecule has 120 valence electrons. The number of methoxy groups -OCH3 is 2. The molecule has 3 aliphatic carbocycles. The summed E-state index contributed by atoms with van der Waals surface area (Å²) >= 11 is 0. The van der Waals surface area contributed by atoms with Gasteiger partial charge < -0.3 is 9.47 Å². The van der Waals surface area contributed by atoms with Gasteiger partial charge in [-0.15, -0.1) is 0 Å². The van der Waals surface area contributed by atoms with E-state index in [2.05, 4.69) is 25.1 Å². The van der Waals surface area contributed by atoms with Crippen molar-refractivity contribution in [2.45, 2.75) is 57.5 Å². The molecule has 0 saturated heterocycles. The molecular formula is C20H28O2. The summed E-state index contributed by atoms with van der Waals surface area (Å²) in [4.78, 5) is 0. The van der Waals surface area contributed by atoms with E-state index in [1.54, 1.807) is 12.7 Å². The van der Waals surface area contributed by atoms with Gasteiger partial charge in [0.25, 0.3) is 0 Å². The summed E-state index contributed by atoms with van der Waals surface area (Å²) in [5.74, 6) is 3.49. The maximum absolute atomic E-state index is 5.85. The van der Waals surface area contributed by atoms with Crippen LogP contribution < -0.4 is 4.74 Å². The van der Waals surface area contributed by atoms with Gasteiger partial charge in [-0.05, 0) is 85.0 Å². The molecular weight excluding hydrogens is 272 g/mol. The summed E-state index contributed by atoms with van der Waals surface area (Å²) in [6, 6.07) is 6.77. The monoisotopic (exact) mass is 300 g/mol. The van der Waals surface area contributed by atoms with Crippen LogP contribution in [-0.4, -0.2) is 20.3 Å². The van der Waals surface area contributed by atoms with E-state index in [0.717, 1.165) is 23.5 Å². The molecule has 3 aliphatic rings. The Labute approximate surface area is 134 Å². The lowest BCUT2D eigenvalue weighted by Gasteiger charge is -2.50. The van der Waals surface area contributed by atoms with Gasteiger partial charge in [0.15, 0.2) is 0 Å². The molecule has 22 heavy (non-hydrogen) atoms. The van der Waals surface area contributed by atoms with Gasteiger partial charge in [-0.2, -0.15) is 0 Å². The Balaban J connectivity index is 1.66. The first-order valence-electron chi connectivity index (χ1n) is 8.87. The lowest BCUT2D eigenvalue weighted by atomic mass is 9.55. The van der Waals surface area contributed by atoms with E-state index in [1.165, 1.54) is 44.1 Å². The third kappa shape index (κ3) is 1.96. The molecule has 4 rings (SSSR count). The average Bonchev–Trinajstić information content (AvgIpc) is 2.90. The SMILES string of the molecule is COc1ccc2c(c1)CC[C@@H]1[C@@H]2CC[C@@]2(C)[C@@H]1CC[C@H]2OC. The minimum atomic E-state index is 0.417. The van der Waals surface area contributed by atoms with E-state index >= 15 is 0 Å². The molecule has 2 saturated carbocycles. The fourth-order valence-corrected chi connectivity index (χ4v) is 6.02. The second-order valence-electron chi connectivity index (χ2n) is 7.83. The fraction of sp³-hybridized carbons (Fsp3) is 0.700. The lowest BCUT2D eigenvalue weighted by Crippen LogP contribution is -2.44. The largest absolute Gasteiger partial charge is 0.497 e. The highest BCUT2D eigenvalue weighted by Gasteiger charge is 2.54. The molecule has 0 bridgehead atoms. The van der Waals surface area contributed by atoms with Gasteiger partial charge in [-0.25, -0.2) is 0 Å². The summed E-state index contributed by atoms with van der Waals surface area (Å²) in [6.07, 6.45) is 8.33. The van der Waals surface area contributed by atoms with E-state index in [9.17, 15) is 0 Å². The van der Waals surface area contributed by atoms with Crippen molar-refractivity contribution >= 4 is 0 Å². The van der Waals surface area contributed by atoms with Crippen LogP contribution in [0.5, 0.6) is 5.75 Å². The standard InChI is InChI=1S/C20H28O2/c1-20-11-10-16-15-7-5-14(21-2)12-13(15)4-6-17(16)18(20)8-9-19(20)22-3/h5,7,12,16-19H,4,6,8-11H2,1-3H3/t16-,17-,18-,19-,20+/m1/s1. The molecule has 1 aromatic carbocycles. The first kappa shape index (κ1) is 14.6. The highest BCUT2D eigenvalue weighted by molar-refractivity contribution is 5.40. The van der Waals surface area contributed by atoms with Crippen LogP contribution in [-0.2, 0) is 11.2 Å². The molecule has 2 heteroatoms. The van der Waals surface area contributed by atoms with Gasteiger partial charge in [-0.1, -0.05) is 13.0 Å². The van der Waals surface area contributed by atoms with Crippen molar-refractivity contribution in [2.24, 2.45) is 17.3 Å². The Morgan fingerprint density at radius 2 is 1.95 bits per heavy atom. The van der Waals surface area contributed by atoms with Crippen LogP contribution in [0, 0.1) is 17.3 Å². The van der Waals surface area contributed by atoms with Crippen LogP contribution in [0.25, 0.3) is 0 Å². The summed E-state index contributed by atoms with van der Waals surface area (Å²) in [5, 5.41) is 0. The van der Waals surface area contributed by atoms with Gasteiger partial charge in [0.2, 0.25) is 0 Å². The molecule has 1 aromatic rings. The molecule has 0 heterocycles. The van der Waals surface area contributed by atoms with Gasteiger partial charge >= 0.3 is 0 Å². The number of hydrogen-bond donors (Lipinski definition) is 0. The minimum Gasteiger partial charge on any atom is -0.497 e. The van der Waals surface area contributed by atoms with Gasteiger partial charge in [0.1, 0.15) is 5.75 Å². The smallest absolute Gasteiger partial charge is 0.119 e. The predicted molar refractivity (Wildman–Crippen MR) is 88.4 cm³/mol. The summed E-state index contributed by atoms with van der Waals surface area (Å²) in [5.41, 5.74) is 3.56. The van der Waals surface area contributed by atoms with Crippen molar-refractivity contribution in [3.63, 3.8) is 0 Å². The number of benzene rings is 1. The minimum absolute atomic E-state index is 0.417. The molecule has 0 unspecified atom stereocenters. The Morgan fingerprint density at radius 1 is 1.09 bits per heavy atom. The Morgan fingerprint density at radius 3 is 2.73 bits per heavy atom. The topological polar surface area (TPSA) is 18.5 Å². The molecule has 0 N–H and O–H groups in total. The van der Waals surface area contributed by atoms with Crippen LogP contribution in [0.15, 0.2) is 18.2 Å². The number of hydrogen-bond acceptors (Lipinski definition) is 2. The Bertz CT molecular complexity index is 567. The van der Waals surface area contributed by atoms with Gasteiger partial charge in [0, 0.05) is 7.11 Å². The van der Waals surface area contributed by atoms with Gasteiger partial charge in [0.05, 0.1) is 13.2 Å². The first-order valence-corrected chi connectivity index (χ1v) is 8.87. The Hall–Kier alpha value is -1.02. The Kier molecular flexibility index (Phi) is 3.48. The maximum atomic E-state index is 5.85. The van der Waals surface area contributed by atoms with E-state index in [1.807, 2.05) is 7.11 Å². The highest BCUT2D eigenvalue weighted by Crippen LogP contribution is 2.61. The number of ether oxygens (including phenoxy) is 2. The quantitative estimate of drug-likeness (QED) is 0.796. The molecule has 0 aromatic heterocycles. The van der Waals surface area contributed by atoms with Crippen LogP contribution >= 0.6 is 0 Å². The zero-order chi connectivity index (χ0) is 15.3. The summed E-state index contributed by atoms with van der Waals surface area (Å²) in [6.45, 7) is 2.50. The van der Waals surface area contributed by atoms with E-state index in [4.69, 9.17) is 9.47 Å². The maximum Gasteiger partial charge on any atom is 0.119 e. The summed E-state index contributed by atoms with van der Waals surface area (Å²) in [7, 11) is 3.68. The third-order valence-corrected chi connectivity index (χ3v) is 7.13. The second-order valence-corrected chi connectivity index (χ2v) is 7.83. The number of rotatable bonds is 2. The number of fused-ring (bicyclic) bond motifs is 5. The van der Waals surface area contributed by atoms with E-state index < -0.39 is 0 Å². The molecule has 0 spiro atoms. The van der Waals surface area contributed by atoms with Crippen LogP contribution in [0.4, 0.5) is 0 Å². The predicted octanol–water partition coefficient (Wildman–Crippen LogP) is 4.57. The second kappa shape index (κ2) is 5.26. The van der Waals surface area contributed by atoms with Gasteiger partial charge in [-0.3, -0.25) is 0 Å². The third-order valence-electron chi connectivity index (χ3n) is 7.13. The normalized spacial score (nSPS) is 39.8. The van der Waals surface area contributed by atoms with Crippen molar-refractivity contribution in [3.05, 3.63) is 29.3 Å². The van der Waals surface area contributed by atoms with Crippen molar-refractivity contribution < 1.29 is 9.47 Å². The molecule has 2 fully saturated rings. The molecule has 0 radical (unpaired) electrons. The van der Waals surface area contributed by atoms with E-state index in [-0.39, 0.29) is 0 Å². The van der Waals surface area contributed by atoms with Crippen molar-refractivity contribution in [2.75, 3.05) is 14.2 Å². The van der Waals surface area contributed by atoms with E-state index in [0.29, 0.717) is 11.5 Å². The van der Waals surface area contributed by atoms with Crippen LogP contribution in [0.2, 0.25) is 0 Å². The molecule has 2 nitrogen and oxygen atoms in total. The van der Waals surface area contributed by atoms with Crippen LogP contribution in [0.3, 0.4) is 0 Å². The zero-order valence-corrected chi connectivity index (χ0v) is 14.1. The fourth-order valence-electron chi connectivity index (χ4n) is 6.02. The van der Waals surface area contributed by atoms with Crippen molar-refractivity contribution in [1.82, 2.24) is 0 Å². The average molecular weight is 300 g/mol. The van der Waals surface area contributed by atoms with Crippen molar-refractivity contribution in [1.29, 1.82) is 0 Å². The van der Waals surface area contributed by atoms with Crippen molar-refractivity contribution in [3.8, 4) is 5.75 Å². The van der Waals surface area contributed by atoms with Crippen LogP contribution in [0.1, 0.15) is 56.1 Å².